The topological polar surface area (TPSA) is 55.1 Å². The van der Waals surface area contributed by atoms with Crippen molar-refractivity contribution in [2.45, 2.75) is 0 Å². The normalized spacial score (nSPS) is 11.1. The van der Waals surface area contributed by atoms with Gasteiger partial charge in [-0.25, -0.2) is 0 Å². The van der Waals surface area contributed by atoms with Gasteiger partial charge in [-0.1, -0.05) is 41.9 Å². The highest BCUT2D eigenvalue weighted by Gasteiger charge is 2.06. The molecule has 0 bridgehead atoms. The van der Waals surface area contributed by atoms with E-state index in [1.54, 1.807) is 36.4 Å². The number of anilines is 2. The summed E-state index contributed by atoms with van der Waals surface area (Å²) in [5.74, 6) is -0.0710. The lowest BCUT2D eigenvalue weighted by Crippen LogP contribution is -1.95. The average molecular weight is 375 g/mol. The van der Waals surface area contributed by atoms with Gasteiger partial charge >= 0.3 is 0 Å². The van der Waals surface area contributed by atoms with Gasteiger partial charge in [0.1, 0.15) is 5.52 Å². The van der Waals surface area contributed by atoms with Crippen molar-refractivity contribution in [2.24, 2.45) is 0 Å². The van der Waals surface area contributed by atoms with E-state index >= 15 is 0 Å². The predicted molar refractivity (Wildman–Crippen MR) is 109 cm³/mol. The lowest BCUT2D eigenvalue weighted by Gasteiger charge is -2.02. The number of carbonyl (C=O) groups excluding carboxylic acids is 1. The van der Waals surface area contributed by atoms with Crippen LogP contribution in [-0.4, -0.2) is 10.8 Å². The Morgan fingerprint density at radius 3 is 2.44 bits per heavy atom. The molecule has 5 heteroatoms. The van der Waals surface area contributed by atoms with Gasteiger partial charge in [-0.2, -0.15) is 4.98 Å². The van der Waals surface area contributed by atoms with Gasteiger partial charge in [-0.05, 0) is 60.2 Å². The molecule has 4 nitrogen and oxygen atoms in total. The smallest absolute Gasteiger partial charge is 0.300 e. The standard InChI is InChI=1S/C22H15ClN2O2/c23-17-10-5-15(6-11-17)7-14-20(26)16-8-12-18(13-9-16)24-22-25-19-3-1-2-4-21(19)27-22/h1-14H,(H,24,25)/b14-7+. The Hall–Kier alpha value is -3.37. The molecule has 0 saturated carbocycles. The maximum absolute atomic E-state index is 12.3. The third-order valence-electron chi connectivity index (χ3n) is 4.01. The van der Waals surface area contributed by atoms with Crippen LogP contribution in [-0.2, 0) is 0 Å². The van der Waals surface area contributed by atoms with E-state index < -0.39 is 0 Å². The fourth-order valence-corrected chi connectivity index (χ4v) is 2.73. The van der Waals surface area contributed by atoms with E-state index in [9.17, 15) is 4.79 Å². The number of para-hydroxylation sites is 2. The molecule has 0 unspecified atom stereocenters. The molecule has 0 amide bonds. The Balaban J connectivity index is 1.44. The van der Waals surface area contributed by atoms with Crippen LogP contribution in [0.4, 0.5) is 11.7 Å². The molecule has 4 rings (SSSR count). The number of benzene rings is 3. The van der Waals surface area contributed by atoms with E-state index in [0.717, 1.165) is 22.4 Å². The predicted octanol–water partition coefficient (Wildman–Crippen LogP) is 6.12. The zero-order valence-electron chi connectivity index (χ0n) is 14.2. The molecule has 0 aliphatic heterocycles. The van der Waals surface area contributed by atoms with Crippen molar-refractivity contribution >= 4 is 46.3 Å². The molecule has 0 aliphatic rings. The molecular formula is C22H15ClN2O2. The van der Waals surface area contributed by atoms with Gasteiger partial charge in [0.2, 0.25) is 0 Å². The molecule has 0 spiro atoms. The molecule has 1 heterocycles. The van der Waals surface area contributed by atoms with Crippen molar-refractivity contribution in [3.05, 3.63) is 95.0 Å². The second kappa shape index (κ2) is 7.48. The number of ketones is 1. The van der Waals surface area contributed by atoms with E-state index in [0.29, 0.717) is 16.6 Å². The van der Waals surface area contributed by atoms with Crippen LogP contribution in [0.1, 0.15) is 15.9 Å². The quantitative estimate of drug-likeness (QED) is 0.337. The third-order valence-corrected chi connectivity index (χ3v) is 4.26. The zero-order chi connectivity index (χ0) is 18.6. The number of oxazole rings is 1. The number of allylic oxidation sites excluding steroid dienone is 1. The summed E-state index contributed by atoms with van der Waals surface area (Å²) in [6.45, 7) is 0. The van der Waals surface area contributed by atoms with Crippen LogP contribution in [0.25, 0.3) is 17.2 Å². The van der Waals surface area contributed by atoms with Crippen molar-refractivity contribution in [3.63, 3.8) is 0 Å². The van der Waals surface area contributed by atoms with Crippen molar-refractivity contribution < 1.29 is 9.21 Å². The van der Waals surface area contributed by atoms with E-state index in [1.165, 1.54) is 0 Å². The first-order valence-electron chi connectivity index (χ1n) is 8.38. The van der Waals surface area contributed by atoms with Crippen LogP contribution in [0.2, 0.25) is 5.02 Å². The number of fused-ring (bicyclic) bond motifs is 1. The maximum atomic E-state index is 12.3. The SMILES string of the molecule is O=C(/C=C/c1ccc(Cl)cc1)c1ccc(Nc2nc3ccccc3o2)cc1. The van der Waals surface area contributed by atoms with E-state index in [1.807, 2.05) is 48.5 Å². The minimum absolute atomic E-state index is 0.0710. The molecule has 132 valence electrons. The van der Waals surface area contributed by atoms with Crippen molar-refractivity contribution in [3.8, 4) is 0 Å². The minimum atomic E-state index is -0.0710. The molecule has 0 atom stereocenters. The van der Waals surface area contributed by atoms with Crippen molar-refractivity contribution in [2.75, 3.05) is 5.32 Å². The summed E-state index contributed by atoms with van der Waals surface area (Å²) in [5.41, 5.74) is 3.82. The van der Waals surface area contributed by atoms with Gasteiger partial charge in [-0.15, -0.1) is 0 Å². The highest BCUT2D eigenvalue weighted by molar-refractivity contribution is 6.30. The molecule has 4 aromatic rings. The molecular weight excluding hydrogens is 360 g/mol. The Labute approximate surface area is 161 Å². The van der Waals surface area contributed by atoms with Gasteiger partial charge in [0.15, 0.2) is 11.4 Å². The summed E-state index contributed by atoms with van der Waals surface area (Å²) in [4.78, 5) is 16.7. The Bertz CT molecular complexity index is 1080. The van der Waals surface area contributed by atoms with Crippen LogP contribution < -0.4 is 5.32 Å². The van der Waals surface area contributed by atoms with Gasteiger partial charge < -0.3 is 9.73 Å². The first kappa shape index (κ1) is 17.1. The van der Waals surface area contributed by atoms with Crippen molar-refractivity contribution in [1.29, 1.82) is 0 Å². The monoisotopic (exact) mass is 374 g/mol. The fraction of sp³-hybridized carbons (Fsp3) is 0. The molecule has 3 aromatic carbocycles. The zero-order valence-corrected chi connectivity index (χ0v) is 15.0. The lowest BCUT2D eigenvalue weighted by molar-refractivity contribution is 0.104. The summed E-state index contributed by atoms with van der Waals surface area (Å²) in [7, 11) is 0. The number of aromatic nitrogens is 1. The number of rotatable bonds is 5. The summed E-state index contributed by atoms with van der Waals surface area (Å²) in [6, 6.07) is 22.4. The minimum Gasteiger partial charge on any atom is -0.423 e. The number of hydrogen-bond acceptors (Lipinski definition) is 4. The molecule has 0 aliphatic carbocycles. The van der Waals surface area contributed by atoms with E-state index in [-0.39, 0.29) is 5.78 Å². The number of nitrogens with zero attached hydrogens (tertiary/aromatic N) is 1. The van der Waals surface area contributed by atoms with Gasteiger partial charge in [0.05, 0.1) is 0 Å². The van der Waals surface area contributed by atoms with Crippen LogP contribution in [0.3, 0.4) is 0 Å². The Morgan fingerprint density at radius 1 is 0.963 bits per heavy atom. The number of carbonyl (C=O) groups is 1. The first-order chi connectivity index (χ1) is 13.2. The second-order valence-electron chi connectivity index (χ2n) is 5.94. The highest BCUT2D eigenvalue weighted by atomic mass is 35.5. The highest BCUT2D eigenvalue weighted by Crippen LogP contribution is 2.22. The second-order valence-corrected chi connectivity index (χ2v) is 6.37. The van der Waals surface area contributed by atoms with Crippen LogP contribution in [0.15, 0.2) is 83.3 Å². The molecule has 0 radical (unpaired) electrons. The maximum Gasteiger partial charge on any atom is 0.300 e. The molecule has 27 heavy (non-hydrogen) atoms. The molecule has 0 fully saturated rings. The van der Waals surface area contributed by atoms with Gasteiger partial charge in [0, 0.05) is 16.3 Å². The summed E-state index contributed by atoms with van der Waals surface area (Å²) < 4.78 is 5.64. The van der Waals surface area contributed by atoms with Gasteiger partial charge in [0.25, 0.3) is 6.01 Å². The summed E-state index contributed by atoms with van der Waals surface area (Å²) in [6.07, 6.45) is 3.32. The Morgan fingerprint density at radius 2 is 1.70 bits per heavy atom. The molecule has 1 N–H and O–H groups in total. The third kappa shape index (κ3) is 4.07. The van der Waals surface area contributed by atoms with Crippen LogP contribution in [0.5, 0.6) is 0 Å². The lowest BCUT2D eigenvalue weighted by atomic mass is 10.1. The summed E-state index contributed by atoms with van der Waals surface area (Å²) >= 11 is 5.86. The summed E-state index contributed by atoms with van der Waals surface area (Å²) in [5, 5.41) is 3.77. The molecule has 0 saturated heterocycles. The van der Waals surface area contributed by atoms with E-state index in [4.69, 9.17) is 16.0 Å². The average Bonchev–Trinajstić information content (AvgIpc) is 3.10. The number of hydrogen-bond donors (Lipinski definition) is 1. The van der Waals surface area contributed by atoms with Crippen molar-refractivity contribution in [1.82, 2.24) is 4.98 Å². The number of halogens is 1. The molecule has 1 aromatic heterocycles. The first-order valence-corrected chi connectivity index (χ1v) is 8.76. The number of nitrogens with one attached hydrogen (secondary N) is 1. The fourth-order valence-electron chi connectivity index (χ4n) is 2.61. The Kier molecular flexibility index (Phi) is 4.73. The van der Waals surface area contributed by atoms with Crippen LogP contribution >= 0.6 is 11.6 Å². The van der Waals surface area contributed by atoms with Gasteiger partial charge in [-0.3, -0.25) is 4.79 Å². The largest absolute Gasteiger partial charge is 0.423 e. The van der Waals surface area contributed by atoms with Crippen LogP contribution in [0, 0.1) is 0 Å². The van der Waals surface area contributed by atoms with E-state index in [2.05, 4.69) is 10.3 Å².